The molecule has 0 spiro atoms. The molecule has 6 rings (SSSR count). The number of piperidine rings is 2. The van der Waals surface area contributed by atoms with E-state index in [0.29, 0.717) is 35.6 Å². The van der Waals surface area contributed by atoms with Crippen LogP contribution in [0.2, 0.25) is 0 Å². The number of halogens is 1. The highest BCUT2D eigenvalue weighted by atomic mass is 19.1. The fourth-order valence-electron chi connectivity index (χ4n) is 5.60. The van der Waals surface area contributed by atoms with Crippen molar-refractivity contribution < 1.29 is 9.13 Å². The SMILES string of the molecule is CN1[C@@H]2CCC[C@H]1CC(Nc1nc(-c3ccc(Oc4ccc(F)cc4)cc3)c3ccccc3n1)C2. The van der Waals surface area contributed by atoms with Crippen molar-refractivity contribution in [3.8, 4) is 22.8 Å². The van der Waals surface area contributed by atoms with Crippen LogP contribution in [0.5, 0.6) is 11.5 Å². The summed E-state index contributed by atoms with van der Waals surface area (Å²) in [5.74, 6) is 1.70. The van der Waals surface area contributed by atoms with Gasteiger partial charge in [-0.3, -0.25) is 0 Å². The molecule has 1 unspecified atom stereocenters. The average molecular weight is 469 g/mol. The Hall–Kier alpha value is -3.51. The lowest BCUT2D eigenvalue weighted by Gasteiger charge is -2.47. The standard InChI is InChI=1S/C29H29FN4O/c1-34-22-5-4-6-23(34)18-21(17-22)31-29-32-27-8-3-2-7-26(27)28(33-29)19-9-13-24(14-10-19)35-25-15-11-20(30)12-16-25/h2-3,7-16,21-23H,4-6,17-18H2,1H3,(H,31,32,33)/t21?,22-,23+. The van der Waals surface area contributed by atoms with Gasteiger partial charge in [-0.1, -0.05) is 24.6 Å². The molecule has 5 nitrogen and oxygen atoms in total. The number of para-hydroxylation sites is 1. The maximum atomic E-state index is 13.2. The van der Waals surface area contributed by atoms with E-state index in [1.807, 2.05) is 42.5 Å². The van der Waals surface area contributed by atoms with Crippen molar-refractivity contribution in [1.82, 2.24) is 14.9 Å². The number of hydrogen-bond acceptors (Lipinski definition) is 5. The van der Waals surface area contributed by atoms with Crippen LogP contribution in [0.1, 0.15) is 32.1 Å². The number of nitrogens with one attached hydrogen (secondary N) is 1. The summed E-state index contributed by atoms with van der Waals surface area (Å²) >= 11 is 0. The zero-order chi connectivity index (χ0) is 23.8. The van der Waals surface area contributed by atoms with Crippen LogP contribution in [0, 0.1) is 5.82 Å². The van der Waals surface area contributed by atoms with Crippen LogP contribution < -0.4 is 10.1 Å². The van der Waals surface area contributed by atoms with Gasteiger partial charge >= 0.3 is 0 Å². The molecule has 2 saturated heterocycles. The molecule has 0 amide bonds. The lowest BCUT2D eigenvalue weighted by atomic mass is 9.82. The highest BCUT2D eigenvalue weighted by molar-refractivity contribution is 5.93. The summed E-state index contributed by atoms with van der Waals surface area (Å²) in [6, 6.07) is 23.7. The first-order valence-electron chi connectivity index (χ1n) is 12.4. The molecule has 3 aromatic carbocycles. The number of rotatable bonds is 5. The predicted octanol–water partition coefficient (Wildman–Crippen LogP) is 6.66. The van der Waals surface area contributed by atoms with Gasteiger partial charge in [0.15, 0.2) is 0 Å². The van der Waals surface area contributed by atoms with E-state index >= 15 is 0 Å². The summed E-state index contributed by atoms with van der Waals surface area (Å²) in [6.45, 7) is 0. The molecule has 1 aromatic heterocycles. The number of anilines is 1. The Balaban J connectivity index is 1.27. The third-order valence-corrected chi connectivity index (χ3v) is 7.45. The second-order valence-electron chi connectivity index (χ2n) is 9.71. The van der Waals surface area contributed by atoms with Gasteiger partial charge in [0.05, 0.1) is 11.2 Å². The minimum Gasteiger partial charge on any atom is -0.457 e. The van der Waals surface area contributed by atoms with Gasteiger partial charge in [0.2, 0.25) is 5.95 Å². The number of ether oxygens (including phenoxy) is 1. The smallest absolute Gasteiger partial charge is 0.224 e. The molecule has 2 aliphatic rings. The molecule has 3 atom stereocenters. The van der Waals surface area contributed by atoms with Gasteiger partial charge in [-0.2, -0.15) is 0 Å². The fraction of sp³-hybridized carbons (Fsp3) is 0.310. The Morgan fingerprint density at radius 1 is 0.857 bits per heavy atom. The van der Waals surface area contributed by atoms with E-state index in [4.69, 9.17) is 14.7 Å². The van der Waals surface area contributed by atoms with Gasteiger partial charge in [-0.15, -0.1) is 0 Å². The summed E-state index contributed by atoms with van der Waals surface area (Å²) in [4.78, 5) is 12.4. The first-order chi connectivity index (χ1) is 17.1. The van der Waals surface area contributed by atoms with Crippen LogP contribution in [-0.2, 0) is 0 Å². The summed E-state index contributed by atoms with van der Waals surface area (Å²) in [5, 5.41) is 4.70. The molecule has 178 valence electrons. The van der Waals surface area contributed by atoms with Gasteiger partial charge < -0.3 is 15.0 Å². The Morgan fingerprint density at radius 2 is 1.51 bits per heavy atom. The molecule has 0 radical (unpaired) electrons. The Kier molecular flexibility index (Phi) is 5.82. The van der Waals surface area contributed by atoms with Crippen LogP contribution in [0.4, 0.5) is 10.3 Å². The first-order valence-corrected chi connectivity index (χ1v) is 12.4. The van der Waals surface area contributed by atoms with E-state index in [0.717, 1.165) is 35.0 Å². The van der Waals surface area contributed by atoms with Crippen molar-refractivity contribution in [2.24, 2.45) is 0 Å². The molecule has 1 N–H and O–H groups in total. The third kappa shape index (κ3) is 4.58. The summed E-state index contributed by atoms with van der Waals surface area (Å²) < 4.78 is 19.0. The Labute approximate surface area is 205 Å². The third-order valence-electron chi connectivity index (χ3n) is 7.45. The zero-order valence-electron chi connectivity index (χ0n) is 19.8. The average Bonchev–Trinajstić information content (AvgIpc) is 2.86. The molecule has 4 aromatic rings. The predicted molar refractivity (Wildman–Crippen MR) is 137 cm³/mol. The molecule has 35 heavy (non-hydrogen) atoms. The van der Waals surface area contributed by atoms with Crippen LogP contribution in [0.25, 0.3) is 22.2 Å². The monoisotopic (exact) mass is 468 g/mol. The van der Waals surface area contributed by atoms with Gasteiger partial charge in [-0.25, -0.2) is 14.4 Å². The topological polar surface area (TPSA) is 50.3 Å². The van der Waals surface area contributed by atoms with E-state index in [1.165, 1.54) is 31.4 Å². The van der Waals surface area contributed by atoms with Crippen LogP contribution in [-0.4, -0.2) is 40.0 Å². The van der Waals surface area contributed by atoms with E-state index in [-0.39, 0.29) is 5.82 Å². The maximum absolute atomic E-state index is 13.2. The molecular weight excluding hydrogens is 439 g/mol. The second kappa shape index (κ2) is 9.27. The Morgan fingerprint density at radius 3 is 2.23 bits per heavy atom. The van der Waals surface area contributed by atoms with Gasteiger partial charge in [0.25, 0.3) is 0 Å². The van der Waals surface area contributed by atoms with Gasteiger partial charge in [-0.05, 0) is 87.3 Å². The lowest BCUT2D eigenvalue weighted by molar-refractivity contribution is 0.0607. The number of nitrogens with zero attached hydrogens (tertiary/aromatic N) is 3. The minimum absolute atomic E-state index is 0.281. The summed E-state index contributed by atoms with van der Waals surface area (Å²) in [7, 11) is 2.28. The molecular formula is C29H29FN4O. The van der Waals surface area contributed by atoms with E-state index in [1.54, 1.807) is 12.1 Å². The molecule has 2 fully saturated rings. The van der Waals surface area contributed by atoms with Crippen molar-refractivity contribution in [2.45, 2.75) is 50.2 Å². The highest BCUT2D eigenvalue weighted by Gasteiger charge is 2.36. The van der Waals surface area contributed by atoms with Crippen LogP contribution in [0.3, 0.4) is 0 Å². The molecule has 0 aliphatic carbocycles. The van der Waals surface area contributed by atoms with E-state index < -0.39 is 0 Å². The van der Waals surface area contributed by atoms with Crippen LogP contribution in [0.15, 0.2) is 72.8 Å². The molecule has 0 saturated carbocycles. The van der Waals surface area contributed by atoms with Crippen LogP contribution >= 0.6 is 0 Å². The number of benzene rings is 3. The molecule has 3 heterocycles. The van der Waals surface area contributed by atoms with Crippen molar-refractivity contribution in [1.29, 1.82) is 0 Å². The maximum Gasteiger partial charge on any atom is 0.224 e. The lowest BCUT2D eigenvalue weighted by Crippen LogP contribution is -2.52. The number of fused-ring (bicyclic) bond motifs is 3. The number of hydrogen-bond donors (Lipinski definition) is 1. The van der Waals surface area contributed by atoms with E-state index in [2.05, 4.69) is 23.3 Å². The van der Waals surface area contributed by atoms with Crippen molar-refractivity contribution >= 4 is 16.9 Å². The summed E-state index contributed by atoms with van der Waals surface area (Å²) in [5.41, 5.74) is 2.83. The normalized spacial score (nSPS) is 22.2. The quantitative estimate of drug-likeness (QED) is 0.355. The van der Waals surface area contributed by atoms with E-state index in [9.17, 15) is 4.39 Å². The fourth-order valence-corrected chi connectivity index (χ4v) is 5.60. The summed E-state index contributed by atoms with van der Waals surface area (Å²) in [6.07, 6.45) is 6.16. The Bertz CT molecular complexity index is 1310. The van der Waals surface area contributed by atoms with Crippen molar-refractivity contribution in [3.05, 3.63) is 78.6 Å². The molecule has 6 heteroatoms. The molecule has 2 bridgehead atoms. The largest absolute Gasteiger partial charge is 0.457 e. The zero-order valence-corrected chi connectivity index (χ0v) is 19.8. The second-order valence-corrected chi connectivity index (χ2v) is 9.71. The van der Waals surface area contributed by atoms with Gasteiger partial charge in [0, 0.05) is 29.1 Å². The van der Waals surface area contributed by atoms with Crippen molar-refractivity contribution in [3.63, 3.8) is 0 Å². The number of aromatic nitrogens is 2. The minimum atomic E-state index is -0.281. The van der Waals surface area contributed by atoms with Crippen molar-refractivity contribution in [2.75, 3.05) is 12.4 Å². The molecule has 2 aliphatic heterocycles. The highest BCUT2D eigenvalue weighted by Crippen LogP contribution is 2.35. The van der Waals surface area contributed by atoms with Gasteiger partial charge in [0.1, 0.15) is 17.3 Å². The first kappa shape index (κ1) is 22.0.